The van der Waals surface area contributed by atoms with Crippen LogP contribution >= 0.6 is 0 Å². The van der Waals surface area contributed by atoms with Crippen molar-refractivity contribution in [3.05, 3.63) is 22.5 Å². The van der Waals surface area contributed by atoms with Gasteiger partial charge in [-0.15, -0.1) is 0 Å². The summed E-state index contributed by atoms with van der Waals surface area (Å²) in [5.41, 5.74) is 0. The van der Waals surface area contributed by atoms with Gasteiger partial charge in [-0.25, -0.2) is 4.79 Å². The Morgan fingerprint density at radius 2 is 2.56 bits per heavy atom. The summed E-state index contributed by atoms with van der Waals surface area (Å²) in [5.74, 6) is -0.0781. The van der Waals surface area contributed by atoms with Crippen molar-refractivity contribution in [3.8, 4) is 0 Å². The Morgan fingerprint density at radius 1 is 1.78 bits per heavy atom. The third-order valence-electron chi connectivity index (χ3n) is 0.782. The third kappa shape index (κ3) is 1.28. The fourth-order valence-electron chi connectivity index (χ4n) is 0.471. The number of aromatic amines is 1. The van der Waals surface area contributed by atoms with Crippen LogP contribution in [0.25, 0.3) is 6.08 Å². The van der Waals surface area contributed by atoms with Crippen LogP contribution in [-0.2, 0) is 0 Å². The molecular formula is C5H6N2O2. The molecule has 0 saturated heterocycles. The first-order valence-corrected chi connectivity index (χ1v) is 2.51. The zero-order valence-electron chi connectivity index (χ0n) is 4.92. The van der Waals surface area contributed by atoms with Gasteiger partial charge < -0.3 is 0 Å². The molecule has 0 bridgehead atoms. The van der Waals surface area contributed by atoms with Gasteiger partial charge in [-0.05, 0) is 13.0 Å². The Kier molecular flexibility index (Phi) is 1.48. The molecule has 1 heterocycles. The van der Waals surface area contributed by atoms with E-state index in [1.807, 2.05) is 6.92 Å². The molecular weight excluding hydrogens is 120 g/mol. The summed E-state index contributed by atoms with van der Waals surface area (Å²) in [4.78, 5) is 12.6. The quantitative estimate of drug-likeness (QED) is 0.592. The maximum Gasteiger partial charge on any atom is 0.439 e. The summed E-state index contributed by atoms with van der Waals surface area (Å²) in [6, 6.07) is 0. The van der Waals surface area contributed by atoms with E-state index >= 15 is 0 Å². The summed E-state index contributed by atoms with van der Waals surface area (Å²) in [6.45, 7) is 1.83. The van der Waals surface area contributed by atoms with Crippen LogP contribution in [0.3, 0.4) is 0 Å². The van der Waals surface area contributed by atoms with Crippen LogP contribution in [-0.4, -0.2) is 10.1 Å². The van der Waals surface area contributed by atoms with Gasteiger partial charge in [-0.1, -0.05) is 11.2 Å². The summed E-state index contributed by atoms with van der Waals surface area (Å²) >= 11 is 0. The van der Waals surface area contributed by atoms with Gasteiger partial charge in [0.15, 0.2) is 5.82 Å². The highest BCUT2D eigenvalue weighted by Gasteiger charge is 1.90. The first-order chi connectivity index (χ1) is 4.33. The van der Waals surface area contributed by atoms with E-state index < -0.39 is 5.76 Å². The second-order valence-corrected chi connectivity index (χ2v) is 1.48. The van der Waals surface area contributed by atoms with Crippen LogP contribution in [0.5, 0.6) is 0 Å². The molecule has 0 fully saturated rings. The molecule has 1 aromatic rings. The zero-order chi connectivity index (χ0) is 6.69. The normalized spacial score (nSPS) is 10.8. The van der Waals surface area contributed by atoms with Crippen LogP contribution < -0.4 is 5.76 Å². The van der Waals surface area contributed by atoms with Gasteiger partial charge in [0.2, 0.25) is 0 Å². The van der Waals surface area contributed by atoms with Gasteiger partial charge in [0.25, 0.3) is 0 Å². The average molecular weight is 126 g/mol. The minimum atomic E-state index is -0.525. The monoisotopic (exact) mass is 126 g/mol. The second kappa shape index (κ2) is 2.30. The Labute approximate surface area is 51.2 Å². The molecule has 48 valence electrons. The Bertz CT molecular complexity index is 258. The van der Waals surface area contributed by atoms with E-state index in [0.29, 0.717) is 5.82 Å². The smallest absolute Gasteiger partial charge is 0.296 e. The number of rotatable bonds is 1. The molecule has 4 nitrogen and oxygen atoms in total. The largest absolute Gasteiger partial charge is 0.439 e. The maximum atomic E-state index is 10.2. The standard InChI is InChI=1S/C5H6N2O2/c1-2-3-4-6-5(8)9-7-4/h2-3H,1H3,(H,6,7,8)/b3-2+. The first-order valence-electron chi connectivity index (χ1n) is 2.51. The highest BCUT2D eigenvalue weighted by molar-refractivity contribution is 5.36. The molecule has 0 atom stereocenters. The lowest BCUT2D eigenvalue weighted by Gasteiger charge is -1.71. The van der Waals surface area contributed by atoms with Crippen molar-refractivity contribution in [3.63, 3.8) is 0 Å². The predicted molar refractivity (Wildman–Crippen MR) is 31.8 cm³/mol. The Morgan fingerprint density at radius 3 is 3.00 bits per heavy atom. The van der Waals surface area contributed by atoms with Gasteiger partial charge in [-0.3, -0.25) is 9.51 Å². The average Bonchev–Trinajstić information content (AvgIpc) is 2.17. The van der Waals surface area contributed by atoms with E-state index in [1.165, 1.54) is 0 Å². The molecule has 9 heavy (non-hydrogen) atoms. The molecule has 0 aliphatic rings. The van der Waals surface area contributed by atoms with E-state index in [-0.39, 0.29) is 0 Å². The molecule has 1 N–H and O–H groups in total. The molecule has 0 aliphatic heterocycles. The summed E-state index contributed by atoms with van der Waals surface area (Å²) in [7, 11) is 0. The second-order valence-electron chi connectivity index (χ2n) is 1.48. The fourth-order valence-corrected chi connectivity index (χ4v) is 0.471. The van der Waals surface area contributed by atoms with Crippen LogP contribution in [0.2, 0.25) is 0 Å². The topological polar surface area (TPSA) is 58.9 Å². The number of hydrogen-bond acceptors (Lipinski definition) is 3. The van der Waals surface area contributed by atoms with E-state index in [9.17, 15) is 4.79 Å². The van der Waals surface area contributed by atoms with Gasteiger partial charge in [0.05, 0.1) is 0 Å². The van der Waals surface area contributed by atoms with E-state index in [4.69, 9.17) is 0 Å². The first kappa shape index (κ1) is 5.81. The third-order valence-corrected chi connectivity index (χ3v) is 0.782. The van der Waals surface area contributed by atoms with Crippen molar-refractivity contribution in [2.75, 3.05) is 0 Å². The Hall–Kier alpha value is -1.32. The SMILES string of the molecule is C/C=C/c1noc(=O)[nH]1. The lowest BCUT2D eigenvalue weighted by atomic mass is 10.5. The van der Waals surface area contributed by atoms with Crippen LogP contribution in [0.1, 0.15) is 12.7 Å². The maximum absolute atomic E-state index is 10.2. The number of nitrogens with zero attached hydrogens (tertiary/aromatic N) is 1. The van der Waals surface area contributed by atoms with Crippen LogP contribution in [0.4, 0.5) is 0 Å². The molecule has 0 amide bonds. The fraction of sp³-hybridized carbons (Fsp3) is 0.200. The van der Waals surface area contributed by atoms with Gasteiger partial charge in [0.1, 0.15) is 0 Å². The lowest BCUT2D eigenvalue weighted by molar-refractivity contribution is 0.385. The number of H-pyrrole nitrogens is 1. The predicted octanol–water partition coefficient (Wildman–Crippen LogP) is 0.396. The van der Waals surface area contributed by atoms with Crippen molar-refractivity contribution >= 4 is 6.08 Å². The minimum Gasteiger partial charge on any atom is -0.296 e. The van der Waals surface area contributed by atoms with Crippen LogP contribution in [0, 0.1) is 0 Å². The lowest BCUT2D eigenvalue weighted by Crippen LogP contribution is -1.94. The molecule has 1 rings (SSSR count). The molecule has 0 radical (unpaired) electrons. The number of nitrogens with one attached hydrogen (secondary N) is 1. The molecule has 0 unspecified atom stereocenters. The number of allylic oxidation sites excluding steroid dienone is 1. The van der Waals surface area contributed by atoms with E-state index in [2.05, 4.69) is 14.7 Å². The summed E-state index contributed by atoms with van der Waals surface area (Å²) in [6.07, 6.45) is 3.40. The van der Waals surface area contributed by atoms with Crippen molar-refractivity contribution in [1.29, 1.82) is 0 Å². The van der Waals surface area contributed by atoms with E-state index in [0.717, 1.165) is 0 Å². The minimum absolute atomic E-state index is 0.447. The van der Waals surface area contributed by atoms with Gasteiger partial charge in [-0.2, -0.15) is 0 Å². The number of aromatic nitrogens is 2. The summed E-state index contributed by atoms with van der Waals surface area (Å²) < 4.78 is 4.20. The molecule has 1 aromatic heterocycles. The molecule has 0 saturated carbocycles. The molecule has 0 spiro atoms. The molecule has 0 aliphatic carbocycles. The van der Waals surface area contributed by atoms with Crippen LogP contribution in [0.15, 0.2) is 15.4 Å². The summed E-state index contributed by atoms with van der Waals surface area (Å²) in [5, 5.41) is 3.38. The number of hydrogen-bond donors (Lipinski definition) is 1. The van der Waals surface area contributed by atoms with Gasteiger partial charge >= 0.3 is 5.76 Å². The van der Waals surface area contributed by atoms with Crippen molar-refractivity contribution in [1.82, 2.24) is 10.1 Å². The highest BCUT2D eigenvalue weighted by Crippen LogP contribution is 1.85. The van der Waals surface area contributed by atoms with E-state index in [1.54, 1.807) is 12.2 Å². The molecule has 0 aromatic carbocycles. The van der Waals surface area contributed by atoms with Crippen molar-refractivity contribution < 1.29 is 4.52 Å². The highest BCUT2D eigenvalue weighted by atomic mass is 16.5. The van der Waals surface area contributed by atoms with Gasteiger partial charge in [0, 0.05) is 0 Å². The Balaban J connectivity index is 2.98. The van der Waals surface area contributed by atoms with Crippen molar-refractivity contribution in [2.24, 2.45) is 0 Å². The molecule has 4 heteroatoms. The van der Waals surface area contributed by atoms with Crippen molar-refractivity contribution in [2.45, 2.75) is 6.92 Å². The zero-order valence-corrected chi connectivity index (χ0v) is 4.92.